The quantitative estimate of drug-likeness (QED) is 0.731. The van der Waals surface area contributed by atoms with Gasteiger partial charge in [-0.25, -0.2) is 13.2 Å². The van der Waals surface area contributed by atoms with Gasteiger partial charge in [0.15, 0.2) is 17.5 Å². The Morgan fingerprint density at radius 1 is 1.14 bits per heavy atom. The van der Waals surface area contributed by atoms with Gasteiger partial charge in [-0.05, 0) is 36.5 Å². The molecule has 1 aliphatic rings. The zero-order valence-corrected chi connectivity index (χ0v) is 7.43. The minimum Gasteiger partial charge on any atom is -0.324 e. The molecule has 0 bridgehead atoms. The van der Waals surface area contributed by atoms with Crippen molar-refractivity contribution < 1.29 is 13.2 Å². The van der Waals surface area contributed by atoms with Gasteiger partial charge in [0.1, 0.15) is 0 Å². The SMILES string of the molecule is N[C@H](c1cc(F)c(F)c(F)c1)C1CC1. The van der Waals surface area contributed by atoms with Gasteiger partial charge in [-0.3, -0.25) is 0 Å². The van der Waals surface area contributed by atoms with Crippen LogP contribution in [0.25, 0.3) is 0 Å². The molecule has 1 saturated carbocycles. The highest BCUT2D eigenvalue weighted by molar-refractivity contribution is 5.23. The van der Waals surface area contributed by atoms with E-state index in [1.807, 2.05) is 0 Å². The van der Waals surface area contributed by atoms with E-state index in [-0.39, 0.29) is 6.04 Å². The number of rotatable bonds is 2. The number of nitrogens with two attached hydrogens (primary N) is 1. The summed E-state index contributed by atoms with van der Waals surface area (Å²) in [6.45, 7) is 0. The largest absolute Gasteiger partial charge is 0.324 e. The summed E-state index contributed by atoms with van der Waals surface area (Å²) < 4.78 is 38.2. The maximum atomic E-state index is 12.8. The predicted molar refractivity (Wildman–Crippen MR) is 46.0 cm³/mol. The fourth-order valence-corrected chi connectivity index (χ4v) is 1.50. The molecule has 1 aromatic rings. The molecule has 1 fully saturated rings. The molecule has 0 aromatic heterocycles. The molecule has 0 heterocycles. The highest BCUT2D eigenvalue weighted by Crippen LogP contribution is 2.39. The van der Waals surface area contributed by atoms with E-state index in [1.165, 1.54) is 0 Å². The Labute approximate surface area is 79.7 Å². The maximum absolute atomic E-state index is 12.8. The number of hydrogen-bond donors (Lipinski definition) is 1. The van der Waals surface area contributed by atoms with E-state index in [0.29, 0.717) is 11.5 Å². The summed E-state index contributed by atoms with van der Waals surface area (Å²) in [6, 6.07) is 1.57. The molecule has 0 saturated heterocycles. The summed E-state index contributed by atoms with van der Waals surface area (Å²) in [5.41, 5.74) is 6.07. The van der Waals surface area contributed by atoms with Crippen LogP contribution in [0.5, 0.6) is 0 Å². The van der Waals surface area contributed by atoms with Crippen LogP contribution >= 0.6 is 0 Å². The minimum absolute atomic E-state index is 0.291. The molecule has 0 aliphatic heterocycles. The molecule has 0 spiro atoms. The van der Waals surface area contributed by atoms with E-state index < -0.39 is 17.5 Å². The van der Waals surface area contributed by atoms with Crippen molar-refractivity contribution in [3.8, 4) is 0 Å². The highest BCUT2D eigenvalue weighted by atomic mass is 19.2. The zero-order valence-electron chi connectivity index (χ0n) is 7.43. The van der Waals surface area contributed by atoms with Crippen LogP contribution in [-0.2, 0) is 0 Å². The van der Waals surface area contributed by atoms with Crippen molar-refractivity contribution >= 4 is 0 Å². The first-order valence-corrected chi connectivity index (χ1v) is 4.49. The molecule has 2 N–H and O–H groups in total. The average Bonchev–Trinajstić information content (AvgIpc) is 2.95. The Hall–Kier alpha value is -1.03. The first kappa shape index (κ1) is 9.52. The Kier molecular flexibility index (Phi) is 2.23. The summed E-state index contributed by atoms with van der Waals surface area (Å²) in [4.78, 5) is 0. The van der Waals surface area contributed by atoms with Crippen LogP contribution in [0, 0.1) is 23.4 Å². The molecule has 76 valence electrons. The van der Waals surface area contributed by atoms with Gasteiger partial charge in [0.2, 0.25) is 0 Å². The van der Waals surface area contributed by atoms with Crippen molar-refractivity contribution in [3.63, 3.8) is 0 Å². The Balaban J connectivity index is 2.34. The Morgan fingerprint density at radius 3 is 2.07 bits per heavy atom. The number of benzene rings is 1. The molecule has 1 aromatic carbocycles. The smallest absolute Gasteiger partial charge is 0.194 e. The summed E-state index contributed by atoms with van der Waals surface area (Å²) in [5.74, 6) is -3.48. The highest BCUT2D eigenvalue weighted by Gasteiger charge is 2.30. The lowest BCUT2D eigenvalue weighted by molar-refractivity contribution is 0.442. The zero-order chi connectivity index (χ0) is 10.3. The van der Waals surface area contributed by atoms with Crippen molar-refractivity contribution in [2.45, 2.75) is 18.9 Å². The van der Waals surface area contributed by atoms with Crippen molar-refractivity contribution in [3.05, 3.63) is 35.1 Å². The van der Waals surface area contributed by atoms with Gasteiger partial charge in [-0.1, -0.05) is 0 Å². The van der Waals surface area contributed by atoms with Crippen LogP contribution in [0.3, 0.4) is 0 Å². The summed E-state index contributed by atoms with van der Waals surface area (Å²) >= 11 is 0. The normalized spacial score (nSPS) is 18.3. The van der Waals surface area contributed by atoms with Gasteiger partial charge in [0, 0.05) is 6.04 Å². The second-order valence-corrected chi connectivity index (χ2v) is 3.66. The second kappa shape index (κ2) is 3.28. The molecule has 14 heavy (non-hydrogen) atoms. The van der Waals surface area contributed by atoms with Gasteiger partial charge in [-0.2, -0.15) is 0 Å². The van der Waals surface area contributed by atoms with Crippen molar-refractivity contribution in [2.75, 3.05) is 0 Å². The molecule has 0 radical (unpaired) electrons. The third-order valence-electron chi connectivity index (χ3n) is 2.52. The average molecular weight is 201 g/mol. The van der Waals surface area contributed by atoms with E-state index in [2.05, 4.69) is 0 Å². The molecule has 0 unspecified atom stereocenters. The summed E-state index contributed by atoms with van der Waals surface area (Å²) in [6.07, 6.45) is 1.95. The van der Waals surface area contributed by atoms with E-state index in [9.17, 15) is 13.2 Å². The fraction of sp³-hybridized carbons (Fsp3) is 0.400. The van der Waals surface area contributed by atoms with Gasteiger partial charge < -0.3 is 5.73 Å². The van der Waals surface area contributed by atoms with Crippen molar-refractivity contribution in [2.24, 2.45) is 11.7 Å². The lowest BCUT2D eigenvalue weighted by Crippen LogP contribution is -2.13. The maximum Gasteiger partial charge on any atom is 0.194 e. The Bertz CT molecular complexity index is 337. The lowest BCUT2D eigenvalue weighted by Gasteiger charge is -2.10. The second-order valence-electron chi connectivity index (χ2n) is 3.66. The third kappa shape index (κ3) is 1.62. The summed E-state index contributed by atoms with van der Waals surface area (Å²) in [5, 5.41) is 0. The number of hydrogen-bond acceptors (Lipinski definition) is 1. The van der Waals surface area contributed by atoms with Gasteiger partial charge >= 0.3 is 0 Å². The first-order chi connectivity index (χ1) is 6.59. The molecule has 4 heteroatoms. The number of halogens is 3. The van der Waals surface area contributed by atoms with Crippen LogP contribution in [-0.4, -0.2) is 0 Å². The van der Waals surface area contributed by atoms with E-state index >= 15 is 0 Å². The van der Waals surface area contributed by atoms with Gasteiger partial charge in [-0.15, -0.1) is 0 Å². The van der Waals surface area contributed by atoms with E-state index in [4.69, 9.17) is 5.73 Å². The van der Waals surface area contributed by atoms with Gasteiger partial charge in [0.25, 0.3) is 0 Å². The molecular weight excluding hydrogens is 191 g/mol. The topological polar surface area (TPSA) is 26.0 Å². The van der Waals surface area contributed by atoms with Gasteiger partial charge in [0.05, 0.1) is 0 Å². The fourth-order valence-electron chi connectivity index (χ4n) is 1.50. The molecular formula is C10H10F3N. The standard InChI is InChI=1S/C10H10F3N/c11-7-3-6(4-8(12)9(7)13)10(14)5-1-2-5/h3-5,10H,1-2,14H2/t10-/m0/s1. The van der Waals surface area contributed by atoms with Crippen LogP contribution in [0.4, 0.5) is 13.2 Å². The van der Waals surface area contributed by atoms with E-state index in [1.54, 1.807) is 0 Å². The minimum atomic E-state index is -1.43. The molecule has 1 nitrogen and oxygen atoms in total. The van der Waals surface area contributed by atoms with Crippen LogP contribution in [0.1, 0.15) is 24.4 Å². The Morgan fingerprint density at radius 2 is 1.64 bits per heavy atom. The predicted octanol–water partition coefficient (Wildman–Crippen LogP) is 2.51. The van der Waals surface area contributed by atoms with Crippen LogP contribution < -0.4 is 5.73 Å². The van der Waals surface area contributed by atoms with E-state index in [0.717, 1.165) is 25.0 Å². The summed E-state index contributed by atoms with van der Waals surface area (Å²) in [7, 11) is 0. The monoisotopic (exact) mass is 201 g/mol. The molecule has 2 rings (SSSR count). The van der Waals surface area contributed by atoms with Crippen LogP contribution in [0.15, 0.2) is 12.1 Å². The first-order valence-electron chi connectivity index (χ1n) is 4.49. The molecule has 1 atom stereocenters. The molecule has 0 amide bonds. The van der Waals surface area contributed by atoms with Crippen LogP contribution in [0.2, 0.25) is 0 Å². The van der Waals surface area contributed by atoms with Crippen molar-refractivity contribution in [1.29, 1.82) is 0 Å². The lowest BCUT2D eigenvalue weighted by atomic mass is 10.0. The van der Waals surface area contributed by atoms with Crippen molar-refractivity contribution in [1.82, 2.24) is 0 Å². The molecule has 1 aliphatic carbocycles. The third-order valence-corrected chi connectivity index (χ3v) is 2.52.